The molecule has 0 spiro atoms. The Morgan fingerprint density at radius 2 is 2.35 bits per heavy atom. The molecule has 0 aliphatic carbocycles. The van der Waals surface area contributed by atoms with Crippen molar-refractivity contribution in [2.75, 3.05) is 5.75 Å². The van der Waals surface area contributed by atoms with Gasteiger partial charge < -0.3 is 5.73 Å². The minimum atomic E-state index is 0.382. The van der Waals surface area contributed by atoms with Crippen molar-refractivity contribution < 1.29 is 0 Å². The molecule has 2 aromatic rings. The van der Waals surface area contributed by atoms with Gasteiger partial charge in [-0.2, -0.15) is 5.10 Å². The van der Waals surface area contributed by atoms with E-state index in [4.69, 9.17) is 18.0 Å². The summed E-state index contributed by atoms with van der Waals surface area (Å²) in [5, 5.41) is 4.11. The molecule has 0 saturated heterocycles. The Labute approximate surface area is 109 Å². The monoisotopic (exact) mass is 264 g/mol. The van der Waals surface area contributed by atoms with Crippen LogP contribution in [0.5, 0.6) is 0 Å². The van der Waals surface area contributed by atoms with Crippen molar-refractivity contribution in [1.82, 2.24) is 14.8 Å². The summed E-state index contributed by atoms with van der Waals surface area (Å²) in [6, 6.07) is 5.92. The van der Waals surface area contributed by atoms with Crippen molar-refractivity contribution in [1.29, 1.82) is 0 Å². The van der Waals surface area contributed by atoms with Crippen molar-refractivity contribution in [2.24, 2.45) is 5.73 Å². The van der Waals surface area contributed by atoms with Crippen LogP contribution in [0.4, 0.5) is 0 Å². The van der Waals surface area contributed by atoms with E-state index in [0.29, 0.717) is 4.99 Å². The molecule has 1 aromatic heterocycles. The molecule has 1 heterocycles. The molecule has 0 amide bonds. The fraction of sp³-hybridized carbons (Fsp3) is 0.182. The van der Waals surface area contributed by atoms with E-state index in [1.807, 2.05) is 18.2 Å². The third kappa shape index (κ3) is 2.48. The van der Waals surface area contributed by atoms with Gasteiger partial charge in [0.2, 0.25) is 0 Å². The van der Waals surface area contributed by atoms with Crippen LogP contribution < -0.4 is 5.73 Å². The van der Waals surface area contributed by atoms with E-state index >= 15 is 0 Å². The highest BCUT2D eigenvalue weighted by atomic mass is 32.2. The number of benzene rings is 1. The van der Waals surface area contributed by atoms with Crippen molar-refractivity contribution in [3.63, 3.8) is 0 Å². The molecule has 0 radical (unpaired) electrons. The summed E-state index contributed by atoms with van der Waals surface area (Å²) in [7, 11) is 0. The fourth-order valence-electron chi connectivity index (χ4n) is 1.57. The Morgan fingerprint density at radius 3 is 2.94 bits per heavy atom. The predicted molar refractivity (Wildman–Crippen MR) is 73.6 cm³/mol. The average Bonchev–Trinajstić information content (AvgIpc) is 2.82. The summed E-state index contributed by atoms with van der Waals surface area (Å²) >= 11 is 6.84. The van der Waals surface area contributed by atoms with E-state index < -0.39 is 0 Å². The zero-order valence-corrected chi connectivity index (χ0v) is 11.0. The second-order valence-corrected chi connectivity index (χ2v) is 5.03. The fourth-order valence-corrected chi connectivity index (χ4v) is 2.69. The lowest BCUT2D eigenvalue weighted by atomic mass is 10.2. The van der Waals surface area contributed by atoms with Crippen LogP contribution in [0.25, 0.3) is 5.69 Å². The predicted octanol–water partition coefficient (Wildman–Crippen LogP) is 2.01. The molecular weight excluding hydrogens is 252 g/mol. The van der Waals surface area contributed by atoms with Gasteiger partial charge in [-0.1, -0.05) is 25.2 Å². The van der Waals surface area contributed by atoms with Crippen molar-refractivity contribution in [2.45, 2.75) is 11.8 Å². The van der Waals surface area contributed by atoms with Crippen LogP contribution in [-0.2, 0) is 0 Å². The molecule has 0 aliphatic heterocycles. The smallest absolute Gasteiger partial charge is 0.138 e. The van der Waals surface area contributed by atoms with E-state index in [2.05, 4.69) is 17.0 Å². The van der Waals surface area contributed by atoms with E-state index in [0.717, 1.165) is 21.9 Å². The topological polar surface area (TPSA) is 56.7 Å². The van der Waals surface area contributed by atoms with Crippen LogP contribution in [0.15, 0.2) is 35.7 Å². The minimum absolute atomic E-state index is 0.382. The van der Waals surface area contributed by atoms with E-state index in [1.54, 1.807) is 22.8 Å². The zero-order chi connectivity index (χ0) is 12.3. The van der Waals surface area contributed by atoms with Crippen LogP contribution in [0, 0.1) is 0 Å². The van der Waals surface area contributed by atoms with Crippen LogP contribution in [0.1, 0.15) is 12.5 Å². The number of rotatable bonds is 4. The molecule has 17 heavy (non-hydrogen) atoms. The summed E-state index contributed by atoms with van der Waals surface area (Å²) in [6.07, 6.45) is 3.13. The SMILES string of the molecule is CCSc1cccc(-n2cncn2)c1C(N)=S. The highest BCUT2D eigenvalue weighted by Crippen LogP contribution is 2.27. The summed E-state index contributed by atoms with van der Waals surface area (Å²) in [5.74, 6) is 0.969. The van der Waals surface area contributed by atoms with Gasteiger partial charge in [-0.15, -0.1) is 11.8 Å². The maximum Gasteiger partial charge on any atom is 0.138 e. The van der Waals surface area contributed by atoms with Crippen molar-refractivity contribution in [3.05, 3.63) is 36.4 Å². The Morgan fingerprint density at radius 1 is 1.53 bits per heavy atom. The number of hydrogen-bond acceptors (Lipinski definition) is 4. The van der Waals surface area contributed by atoms with E-state index in [-0.39, 0.29) is 0 Å². The van der Waals surface area contributed by atoms with Gasteiger partial charge in [0.1, 0.15) is 17.6 Å². The third-order valence-corrected chi connectivity index (χ3v) is 3.36. The molecule has 0 unspecified atom stereocenters. The molecule has 88 valence electrons. The molecule has 4 nitrogen and oxygen atoms in total. The first-order valence-corrected chi connectivity index (χ1v) is 6.54. The van der Waals surface area contributed by atoms with E-state index in [1.165, 1.54) is 6.33 Å². The Balaban J connectivity index is 2.59. The van der Waals surface area contributed by atoms with Gasteiger partial charge in [-0.05, 0) is 17.9 Å². The van der Waals surface area contributed by atoms with Gasteiger partial charge in [-0.25, -0.2) is 9.67 Å². The number of hydrogen-bond donors (Lipinski definition) is 1. The molecule has 0 fully saturated rings. The molecule has 2 rings (SSSR count). The molecule has 0 saturated carbocycles. The summed E-state index contributed by atoms with van der Waals surface area (Å²) in [4.78, 5) is 5.39. The molecule has 6 heteroatoms. The lowest BCUT2D eigenvalue weighted by Crippen LogP contribution is -2.15. The molecule has 0 atom stereocenters. The highest BCUT2D eigenvalue weighted by Gasteiger charge is 2.12. The first-order valence-electron chi connectivity index (χ1n) is 5.14. The number of thioether (sulfide) groups is 1. The molecular formula is C11H12N4S2. The lowest BCUT2D eigenvalue weighted by molar-refractivity contribution is 0.873. The number of thiocarbonyl (C=S) groups is 1. The third-order valence-electron chi connectivity index (χ3n) is 2.22. The second-order valence-electron chi connectivity index (χ2n) is 3.29. The maximum absolute atomic E-state index is 5.81. The van der Waals surface area contributed by atoms with Crippen LogP contribution in [0.2, 0.25) is 0 Å². The minimum Gasteiger partial charge on any atom is -0.389 e. The highest BCUT2D eigenvalue weighted by molar-refractivity contribution is 7.99. The largest absolute Gasteiger partial charge is 0.389 e. The van der Waals surface area contributed by atoms with Crippen molar-refractivity contribution in [3.8, 4) is 5.69 Å². The molecule has 2 N–H and O–H groups in total. The van der Waals surface area contributed by atoms with Gasteiger partial charge in [0.15, 0.2) is 0 Å². The van der Waals surface area contributed by atoms with Gasteiger partial charge in [0.05, 0.1) is 5.69 Å². The van der Waals surface area contributed by atoms with Crippen LogP contribution >= 0.6 is 24.0 Å². The normalized spacial score (nSPS) is 10.4. The second kappa shape index (κ2) is 5.29. The summed E-state index contributed by atoms with van der Waals surface area (Å²) in [6.45, 7) is 2.09. The zero-order valence-electron chi connectivity index (χ0n) is 9.33. The number of aromatic nitrogens is 3. The average molecular weight is 264 g/mol. The van der Waals surface area contributed by atoms with Crippen LogP contribution in [-0.4, -0.2) is 25.5 Å². The summed E-state index contributed by atoms with van der Waals surface area (Å²) in [5.41, 5.74) is 7.54. The Hall–Kier alpha value is -1.40. The first kappa shape index (κ1) is 12.1. The Kier molecular flexibility index (Phi) is 3.75. The molecule has 0 bridgehead atoms. The Bertz CT molecular complexity index is 522. The van der Waals surface area contributed by atoms with Gasteiger partial charge in [0.25, 0.3) is 0 Å². The number of nitrogens with zero attached hydrogens (tertiary/aromatic N) is 3. The van der Waals surface area contributed by atoms with Gasteiger partial charge in [0, 0.05) is 10.5 Å². The van der Waals surface area contributed by atoms with Gasteiger partial charge >= 0.3 is 0 Å². The van der Waals surface area contributed by atoms with E-state index in [9.17, 15) is 0 Å². The quantitative estimate of drug-likeness (QED) is 0.676. The van der Waals surface area contributed by atoms with Gasteiger partial charge in [-0.3, -0.25) is 0 Å². The standard InChI is InChI=1S/C11H12N4S2/c1-2-17-9-5-3-4-8(10(9)11(12)16)15-7-13-6-14-15/h3-7H,2H2,1H3,(H2,12,16). The number of nitrogens with two attached hydrogens (primary N) is 1. The van der Waals surface area contributed by atoms with Crippen molar-refractivity contribution >= 4 is 29.0 Å². The molecule has 1 aromatic carbocycles. The lowest BCUT2D eigenvalue weighted by Gasteiger charge is -2.12. The molecule has 0 aliphatic rings. The summed E-state index contributed by atoms with van der Waals surface area (Å²) < 4.78 is 1.67. The first-order chi connectivity index (χ1) is 8.24. The van der Waals surface area contributed by atoms with Crippen LogP contribution in [0.3, 0.4) is 0 Å². The maximum atomic E-state index is 5.81.